The second-order valence-corrected chi connectivity index (χ2v) is 5.71. The summed E-state index contributed by atoms with van der Waals surface area (Å²) >= 11 is 1.56. The molecule has 1 aromatic heterocycles. The van der Waals surface area contributed by atoms with Gasteiger partial charge in [-0.25, -0.2) is 4.98 Å². The van der Waals surface area contributed by atoms with E-state index in [1.807, 2.05) is 24.3 Å². The molecule has 1 amide bonds. The summed E-state index contributed by atoms with van der Waals surface area (Å²) in [6.07, 6.45) is 0. The van der Waals surface area contributed by atoms with E-state index in [1.54, 1.807) is 29.5 Å². The molecule has 3 rings (SSSR count). The lowest BCUT2D eigenvalue weighted by atomic mass is 10.2. The Balaban J connectivity index is 1.82. The van der Waals surface area contributed by atoms with Gasteiger partial charge >= 0.3 is 0 Å². The molecule has 0 aliphatic carbocycles. The maximum Gasteiger partial charge on any atom is 0.252 e. The third kappa shape index (κ3) is 2.87. The van der Waals surface area contributed by atoms with Crippen LogP contribution in [0.15, 0.2) is 42.5 Å². The number of benzene rings is 2. The molecular formula is C16H14N2O3S. The molecule has 6 heteroatoms. The maximum absolute atomic E-state index is 11.5. The van der Waals surface area contributed by atoms with Crippen LogP contribution in [0.5, 0.6) is 11.5 Å². The maximum atomic E-state index is 11.5. The Morgan fingerprint density at radius 1 is 1.27 bits per heavy atom. The number of primary amides is 1. The van der Waals surface area contributed by atoms with Crippen molar-refractivity contribution in [1.29, 1.82) is 0 Å². The lowest BCUT2D eigenvalue weighted by molar-refractivity contribution is 0.0995. The average Bonchev–Trinajstić information content (AvgIpc) is 2.95. The van der Waals surface area contributed by atoms with Crippen LogP contribution in [0, 0.1) is 0 Å². The van der Waals surface area contributed by atoms with Crippen molar-refractivity contribution >= 4 is 27.5 Å². The van der Waals surface area contributed by atoms with Crippen LogP contribution in [0.4, 0.5) is 0 Å². The molecule has 0 fully saturated rings. The van der Waals surface area contributed by atoms with Crippen LogP contribution < -0.4 is 15.2 Å². The minimum absolute atomic E-state index is 0.284. The Kier molecular flexibility index (Phi) is 3.93. The Morgan fingerprint density at radius 2 is 2.09 bits per heavy atom. The van der Waals surface area contributed by atoms with E-state index < -0.39 is 5.91 Å². The quantitative estimate of drug-likeness (QED) is 0.785. The van der Waals surface area contributed by atoms with Gasteiger partial charge in [0.2, 0.25) is 0 Å². The summed E-state index contributed by atoms with van der Waals surface area (Å²) in [6.45, 7) is 0.284. The number of aromatic nitrogens is 1. The number of rotatable bonds is 5. The largest absolute Gasteiger partial charge is 0.497 e. The molecule has 0 spiro atoms. The van der Waals surface area contributed by atoms with Gasteiger partial charge in [0.1, 0.15) is 23.1 Å². The first-order valence-electron chi connectivity index (χ1n) is 6.62. The fourth-order valence-electron chi connectivity index (χ4n) is 2.08. The molecule has 2 aromatic carbocycles. The Morgan fingerprint density at radius 3 is 2.82 bits per heavy atom. The summed E-state index contributed by atoms with van der Waals surface area (Å²) in [5.41, 5.74) is 6.61. The first-order chi connectivity index (χ1) is 10.7. The molecule has 1 heterocycles. The third-order valence-electron chi connectivity index (χ3n) is 3.14. The highest BCUT2D eigenvalue weighted by Gasteiger charge is 2.12. The lowest BCUT2D eigenvalue weighted by Crippen LogP contribution is -2.13. The van der Waals surface area contributed by atoms with Crippen LogP contribution in [0.1, 0.15) is 15.4 Å². The van der Waals surface area contributed by atoms with Gasteiger partial charge in [0.05, 0.1) is 22.9 Å². The first kappa shape index (κ1) is 14.3. The number of para-hydroxylation sites is 1. The van der Waals surface area contributed by atoms with E-state index in [0.717, 1.165) is 15.2 Å². The van der Waals surface area contributed by atoms with E-state index in [2.05, 4.69) is 4.98 Å². The Labute approximate surface area is 131 Å². The van der Waals surface area contributed by atoms with Gasteiger partial charge in [0.15, 0.2) is 0 Å². The van der Waals surface area contributed by atoms with E-state index >= 15 is 0 Å². The average molecular weight is 314 g/mol. The summed E-state index contributed by atoms with van der Waals surface area (Å²) in [7, 11) is 1.53. The van der Waals surface area contributed by atoms with Gasteiger partial charge in [-0.05, 0) is 30.3 Å². The Hall–Kier alpha value is -2.60. The topological polar surface area (TPSA) is 74.4 Å². The number of methoxy groups -OCH3 is 1. The summed E-state index contributed by atoms with van der Waals surface area (Å²) in [4.78, 5) is 16.0. The molecule has 2 N–H and O–H groups in total. The van der Waals surface area contributed by atoms with Crippen LogP contribution in [0.3, 0.4) is 0 Å². The first-order valence-corrected chi connectivity index (χ1v) is 7.44. The zero-order valence-electron chi connectivity index (χ0n) is 11.9. The fourth-order valence-corrected chi connectivity index (χ4v) is 2.96. The molecule has 5 nitrogen and oxygen atoms in total. The number of hydrogen-bond acceptors (Lipinski definition) is 5. The number of ether oxygens (including phenoxy) is 2. The van der Waals surface area contributed by atoms with Crippen molar-refractivity contribution in [2.24, 2.45) is 5.73 Å². The fraction of sp³-hybridized carbons (Fsp3) is 0.125. The normalized spacial score (nSPS) is 10.6. The molecule has 0 unspecified atom stereocenters. The van der Waals surface area contributed by atoms with Gasteiger partial charge in [-0.1, -0.05) is 12.1 Å². The van der Waals surface area contributed by atoms with Crippen LogP contribution in [0.25, 0.3) is 10.2 Å². The number of nitrogens with two attached hydrogens (primary N) is 1. The van der Waals surface area contributed by atoms with E-state index in [-0.39, 0.29) is 6.61 Å². The van der Waals surface area contributed by atoms with Crippen LogP contribution in [-0.2, 0) is 6.61 Å². The SMILES string of the molecule is COc1ccc(OCc2nc3ccccc3s2)c(C(N)=O)c1. The van der Waals surface area contributed by atoms with E-state index in [9.17, 15) is 4.79 Å². The molecule has 3 aromatic rings. The molecule has 0 saturated carbocycles. The number of fused-ring (bicyclic) bond motifs is 1. The van der Waals surface area contributed by atoms with Crippen molar-refractivity contribution in [2.45, 2.75) is 6.61 Å². The van der Waals surface area contributed by atoms with Crippen molar-refractivity contribution in [3.8, 4) is 11.5 Å². The Bertz CT molecular complexity index is 796. The monoisotopic (exact) mass is 314 g/mol. The van der Waals surface area contributed by atoms with Crippen LogP contribution >= 0.6 is 11.3 Å². The van der Waals surface area contributed by atoms with Gasteiger partial charge in [-0.2, -0.15) is 0 Å². The standard InChI is InChI=1S/C16H14N2O3S/c1-20-10-6-7-13(11(8-10)16(17)19)21-9-15-18-12-4-2-3-5-14(12)22-15/h2-8H,9H2,1H3,(H2,17,19). The highest BCUT2D eigenvalue weighted by atomic mass is 32.1. The molecular weight excluding hydrogens is 300 g/mol. The van der Waals surface area contributed by atoms with Gasteiger partial charge in [-0.15, -0.1) is 11.3 Å². The highest BCUT2D eigenvalue weighted by molar-refractivity contribution is 7.18. The summed E-state index contributed by atoms with van der Waals surface area (Å²) in [6, 6.07) is 12.8. The van der Waals surface area contributed by atoms with Gasteiger partial charge < -0.3 is 15.2 Å². The summed E-state index contributed by atoms with van der Waals surface area (Å²) in [5.74, 6) is 0.423. The number of carbonyl (C=O) groups is 1. The predicted molar refractivity (Wildman–Crippen MR) is 85.5 cm³/mol. The number of hydrogen-bond donors (Lipinski definition) is 1. The minimum atomic E-state index is -0.557. The van der Waals surface area contributed by atoms with Gasteiger partial charge in [-0.3, -0.25) is 4.79 Å². The highest BCUT2D eigenvalue weighted by Crippen LogP contribution is 2.26. The minimum Gasteiger partial charge on any atom is -0.497 e. The third-order valence-corrected chi connectivity index (χ3v) is 4.15. The number of nitrogens with zero attached hydrogens (tertiary/aromatic N) is 1. The lowest BCUT2D eigenvalue weighted by Gasteiger charge is -2.09. The summed E-state index contributed by atoms with van der Waals surface area (Å²) in [5, 5.41) is 0.840. The van der Waals surface area contributed by atoms with Crippen LogP contribution in [0.2, 0.25) is 0 Å². The number of thiazole rings is 1. The second-order valence-electron chi connectivity index (χ2n) is 4.59. The number of amides is 1. The number of carbonyl (C=O) groups excluding carboxylic acids is 1. The van der Waals surface area contributed by atoms with Crippen molar-refractivity contribution in [1.82, 2.24) is 4.98 Å². The molecule has 0 atom stereocenters. The molecule has 112 valence electrons. The van der Waals surface area contributed by atoms with Crippen molar-refractivity contribution in [3.05, 3.63) is 53.0 Å². The zero-order chi connectivity index (χ0) is 15.5. The van der Waals surface area contributed by atoms with Crippen molar-refractivity contribution in [2.75, 3.05) is 7.11 Å². The van der Waals surface area contributed by atoms with Crippen LogP contribution in [-0.4, -0.2) is 18.0 Å². The summed E-state index contributed by atoms with van der Waals surface area (Å²) < 4.78 is 11.9. The molecule has 22 heavy (non-hydrogen) atoms. The van der Waals surface area contributed by atoms with Gasteiger partial charge in [0, 0.05) is 0 Å². The van der Waals surface area contributed by atoms with Crippen molar-refractivity contribution < 1.29 is 14.3 Å². The van der Waals surface area contributed by atoms with E-state index in [4.69, 9.17) is 15.2 Å². The molecule has 0 bridgehead atoms. The van der Waals surface area contributed by atoms with E-state index in [1.165, 1.54) is 7.11 Å². The molecule has 0 radical (unpaired) electrons. The van der Waals surface area contributed by atoms with Crippen molar-refractivity contribution in [3.63, 3.8) is 0 Å². The predicted octanol–water partition coefficient (Wildman–Crippen LogP) is 2.98. The van der Waals surface area contributed by atoms with E-state index in [0.29, 0.717) is 17.1 Å². The molecule has 0 aliphatic rings. The molecule has 0 aliphatic heterocycles. The van der Waals surface area contributed by atoms with Gasteiger partial charge in [0.25, 0.3) is 5.91 Å². The molecule has 0 saturated heterocycles. The smallest absolute Gasteiger partial charge is 0.252 e. The zero-order valence-corrected chi connectivity index (χ0v) is 12.7. The second kappa shape index (κ2) is 6.03.